The first-order valence-electron chi connectivity index (χ1n) is 14.8. The van der Waals surface area contributed by atoms with Gasteiger partial charge in [-0.05, 0) is 38.5 Å². The van der Waals surface area contributed by atoms with E-state index in [9.17, 15) is 24.0 Å². The lowest BCUT2D eigenvalue weighted by atomic mass is 9.97. The number of piperidine rings is 3. The van der Waals surface area contributed by atoms with Crippen LogP contribution in [0.4, 0.5) is 17.8 Å². The fraction of sp³-hybridized carbons (Fsp3) is 0.704. The Hall–Kier alpha value is -4.04. The number of carbonyl (C=O) groups is 5. The summed E-state index contributed by atoms with van der Waals surface area (Å²) >= 11 is 0. The van der Waals surface area contributed by atoms with Crippen LogP contribution in [0.15, 0.2) is 0 Å². The summed E-state index contributed by atoms with van der Waals surface area (Å²) in [5, 5.41) is 6.59. The normalized spacial score (nSPS) is 21.1. The van der Waals surface area contributed by atoms with Gasteiger partial charge in [0.25, 0.3) is 11.8 Å². The molecule has 228 valence electrons. The van der Waals surface area contributed by atoms with Gasteiger partial charge >= 0.3 is 5.97 Å². The zero-order chi connectivity index (χ0) is 29.8. The summed E-state index contributed by atoms with van der Waals surface area (Å²) in [4.78, 5) is 85.3. The summed E-state index contributed by atoms with van der Waals surface area (Å²) in [7, 11) is 0. The highest BCUT2D eigenvalue weighted by molar-refractivity contribution is 6.01. The third-order valence-corrected chi connectivity index (χ3v) is 8.27. The second kappa shape index (κ2) is 12.9. The molecule has 15 nitrogen and oxygen atoms in total. The van der Waals surface area contributed by atoms with Crippen molar-refractivity contribution in [3.63, 3.8) is 0 Å². The highest BCUT2D eigenvalue weighted by Gasteiger charge is 2.36. The lowest BCUT2D eigenvalue weighted by Crippen LogP contribution is -2.46. The highest BCUT2D eigenvalue weighted by atomic mass is 16.7. The molecule has 2 N–H and O–H groups in total. The number of rotatable bonds is 7. The third kappa shape index (κ3) is 7.05. The predicted octanol–water partition coefficient (Wildman–Crippen LogP) is -0.0950. The number of nitrogens with zero attached hydrogens (tertiary/aromatic N) is 7. The smallest absolute Gasteiger partial charge is 0.336 e. The molecule has 4 fully saturated rings. The molecule has 0 atom stereocenters. The minimum Gasteiger partial charge on any atom is -0.353 e. The Kier molecular flexibility index (Phi) is 9.02. The first-order chi connectivity index (χ1) is 20.2. The fourth-order valence-electron chi connectivity index (χ4n) is 5.93. The number of amides is 4. The van der Waals surface area contributed by atoms with Gasteiger partial charge in [-0.3, -0.25) is 19.2 Å². The molecular formula is C27H39N9O6. The molecule has 0 aliphatic carbocycles. The molecule has 4 saturated heterocycles. The van der Waals surface area contributed by atoms with E-state index >= 15 is 0 Å². The molecule has 4 aliphatic heterocycles. The summed E-state index contributed by atoms with van der Waals surface area (Å²) in [6.45, 7) is 6.83. The van der Waals surface area contributed by atoms with Crippen molar-refractivity contribution in [2.24, 2.45) is 5.92 Å². The van der Waals surface area contributed by atoms with Crippen LogP contribution in [-0.4, -0.2) is 101 Å². The maximum absolute atomic E-state index is 12.7. The maximum Gasteiger partial charge on any atom is 0.336 e. The van der Waals surface area contributed by atoms with E-state index in [1.807, 2.05) is 4.90 Å². The Morgan fingerprint density at radius 1 is 0.643 bits per heavy atom. The zero-order valence-electron chi connectivity index (χ0n) is 24.2. The van der Waals surface area contributed by atoms with Crippen molar-refractivity contribution in [3.05, 3.63) is 0 Å². The van der Waals surface area contributed by atoms with Gasteiger partial charge in [-0.2, -0.15) is 15.0 Å². The van der Waals surface area contributed by atoms with Crippen molar-refractivity contribution in [1.82, 2.24) is 30.6 Å². The molecule has 1 aromatic heterocycles. The molecular weight excluding hydrogens is 546 g/mol. The van der Waals surface area contributed by atoms with E-state index in [-0.39, 0.29) is 36.7 Å². The van der Waals surface area contributed by atoms with Crippen molar-refractivity contribution >= 4 is 47.4 Å². The van der Waals surface area contributed by atoms with E-state index in [1.165, 1.54) is 13.8 Å². The molecule has 0 bridgehead atoms. The number of imide groups is 1. The molecule has 0 spiro atoms. The largest absolute Gasteiger partial charge is 0.353 e. The molecule has 0 unspecified atom stereocenters. The fourth-order valence-corrected chi connectivity index (χ4v) is 5.93. The van der Waals surface area contributed by atoms with Crippen LogP contribution in [0.3, 0.4) is 0 Å². The van der Waals surface area contributed by atoms with Gasteiger partial charge < -0.3 is 30.2 Å². The minimum atomic E-state index is -0.570. The van der Waals surface area contributed by atoms with Gasteiger partial charge in [-0.25, -0.2) is 4.79 Å². The second-order valence-electron chi connectivity index (χ2n) is 11.4. The van der Waals surface area contributed by atoms with Crippen molar-refractivity contribution in [3.8, 4) is 0 Å². The van der Waals surface area contributed by atoms with Crippen LogP contribution in [0.1, 0.15) is 65.2 Å². The Balaban J connectivity index is 1.27. The van der Waals surface area contributed by atoms with Crippen molar-refractivity contribution < 1.29 is 28.8 Å². The molecule has 1 aromatic rings. The highest BCUT2D eigenvalue weighted by Crippen LogP contribution is 2.28. The van der Waals surface area contributed by atoms with Gasteiger partial charge in [0.2, 0.25) is 29.7 Å². The van der Waals surface area contributed by atoms with E-state index < -0.39 is 23.7 Å². The molecule has 4 aliphatic rings. The Morgan fingerprint density at radius 2 is 1.00 bits per heavy atom. The first kappa shape index (κ1) is 29.5. The predicted molar refractivity (Wildman–Crippen MR) is 150 cm³/mol. The van der Waals surface area contributed by atoms with E-state index in [0.29, 0.717) is 75.0 Å². The van der Waals surface area contributed by atoms with Crippen LogP contribution >= 0.6 is 0 Å². The molecule has 0 radical (unpaired) electrons. The lowest BCUT2D eigenvalue weighted by molar-refractivity contribution is -0.201. The standard InChI is InChI=1S/C27H39N9O6/c1-17(37)28-20-7-13-34(14-8-20)26-30-25(31-27(32-26)35-15-9-21(10-16-35)29-18(2)38)33-11-5-19(6-12-33)24(41)42-36-22(39)3-4-23(36)40/h19-21H,3-16H2,1-2H3,(H,28,37)(H,29,38). The summed E-state index contributed by atoms with van der Waals surface area (Å²) in [6, 6.07) is 0.245. The van der Waals surface area contributed by atoms with Gasteiger partial charge in [-0.1, -0.05) is 0 Å². The SMILES string of the molecule is CC(=O)NC1CCN(c2nc(N3CCC(NC(C)=O)CC3)nc(N3CCC(C(=O)ON4C(=O)CCC4=O)CC3)n2)CC1. The third-order valence-electron chi connectivity index (χ3n) is 8.27. The molecule has 0 saturated carbocycles. The summed E-state index contributed by atoms with van der Waals surface area (Å²) in [5.74, 6) is -0.376. The second-order valence-corrected chi connectivity index (χ2v) is 11.4. The van der Waals surface area contributed by atoms with Crippen LogP contribution < -0.4 is 25.3 Å². The Bertz CT molecular complexity index is 1130. The average Bonchev–Trinajstić information content (AvgIpc) is 3.29. The monoisotopic (exact) mass is 585 g/mol. The summed E-state index contributed by atoms with van der Waals surface area (Å²) < 4.78 is 0. The summed E-state index contributed by atoms with van der Waals surface area (Å²) in [6.07, 6.45) is 4.20. The average molecular weight is 586 g/mol. The lowest BCUT2D eigenvalue weighted by Gasteiger charge is -2.36. The zero-order valence-corrected chi connectivity index (χ0v) is 24.2. The molecule has 4 amide bonds. The van der Waals surface area contributed by atoms with Gasteiger partial charge in [0.1, 0.15) is 0 Å². The van der Waals surface area contributed by atoms with Crippen molar-refractivity contribution in [2.75, 3.05) is 54.0 Å². The molecule has 42 heavy (non-hydrogen) atoms. The van der Waals surface area contributed by atoms with Crippen molar-refractivity contribution in [1.29, 1.82) is 0 Å². The van der Waals surface area contributed by atoms with E-state index in [2.05, 4.69) is 20.4 Å². The van der Waals surface area contributed by atoms with Crippen LogP contribution in [0.2, 0.25) is 0 Å². The van der Waals surface area contributed by atoms with Crippen LogP contribution in [0, 0.1) is 5.92 Å². The first-order valence-corrected chi connectivity index (χ1v) is 14.8. The van der Waals surface area contributed by atoms with Gasteiger partial charge in [0.15, 0.2) is 0 Å². The van der Waals surface area contributed by atoms with Gasteiger partial charge in [0.05, 0.1) is 5.92 Å². The van der Waals surface area contributed by atoms with Crippen LogP contribution in [0.5, 0.6) is 0 Å². The number of nitrogens with one attached hydrogen (secondary N) is 2. The maximum atomic E-state index is 12.7. The quantitative estimate of drug-likeness (QED) is 0.408. The minimum absolute atomic E-state index is 0.0354. The molecule has 0 aromatic carbocycles. The number of hydrogen-bond acceptors (Lipinski definition) is 12. The topological polar surface area (TPSA) is 170 Å². The molecule has 5 rings (SSSR count). The van der Waals surface area contributed by atoms with Gasteiger partial charge in [0, 0.05) is 78.0 Å². The number of aromatic nitrogens is 3. The van der Waals surface area contributed by atoms with E-state index in [0.717, 1.165) is 25.7 Å². The summed E-state index contributed by atoms with van der Waals surface area (Å²) in [5.41, 5.74) is 0. The number of hydrogen-bond donors (Lipinski definition) is 2. The molecule has 15 heteroatoms. The van der Waals surface area contributed by atoms with Crippen LogP contribution in [0.25, 0.3) is 0 Å². The van der Waals surface area contributed by atoms with Gasteiger partial charge in [-0.15, -0.1) is 5.06 Å². The Morgan fingerprint density at radius 3 is 1.36 bits per heavy atom. The number of hydroxylamine groups is 2. The van der Waals surface area contributed by atoms with E-state index in [4.69, 9.17) is 19.8 Å². The number of anilines is 3. The van der Waals surface area contributed by atoms with Crippen LogP contribution in [-0.2, 0) is 28.8 Å². The van der Waals surface area contributed by atoms with E-state index in [1.54, 1.807) is 0 Å². The Labute approximate surface area is 244 Å². The molecule has 5 heterocycles. The van der Waals surface area contributed by atoms with Crippen molar-refractivity contribution in [2.45, 2.75) is 77.3 Å². The number of carbonyl (C=O) groups excluding carboxylic acids is 5.